The summed E-state index contributed by atoms with van der Waals surface area (Å²) in [4.78, 5) is 21.4. The summed E-state index contributed by atoms with van der Waals surface area (Å²) in [5, 5.41) is 6.43. The Morgan fingerprint density at radius 1 is 1.10 bits per heavy atom. The number of aromatic nitrogens is 5. The zero-order valence-electron chi connectivity index (χ0n) is 16.4. The molecule has 0 saturated carbocycles. The maximum Gasteiger partial charge on any atom is 0.196 e. The van der Waals surface area contributed by atoms with Crippen LogP contribution in [0.4, 0.5) is 10.2 Å². The van der Waals surface area contributed by atoms with E-state index in [1.165, 1.54) is 6.07 Å². The van der Waals surface area contributed by atoms with E-state index >= 15 is 0 Å². The van der Waals surface area contributed by atoms with E-state index in [0.29, 0.717) is 34.9 Å². The molecule has 0 amide bonds. The van der Waals surface area contributed by atoms with Crippen molar-refractivity contribution in [2.24, 2.45) is 0 Å². The van der Waals surface area contributed by atoms with Gasteiger partial charge in [-0.3, -0.25) is 4.98 Å². The van der Waals surface area contributed by atoms with Crippen molar-refractivity contribution in [3.63, 3.8) is 0 Å². The fraction of sp³-hybridized carbons (Fsp3) is 0.300. The molecule has 1 radical (unpaired) electrons. The van der Waals surface area contributed by atoms with Crippen molar-refractivity contribution in [1.29, 1.82) is 0 Å². The summed E-state index contributed by atoms with van der Waals surface area (Å²) < 4.78 is 19.6. The molecular formula is C20H21FIrN7O-. The van der Waals surface area contributed by atoms with Crippen molar-refractivity contribution in [2.75, 3.05) is 18.4 Å². The van der Waals surface area contributed by atoms with E-state index in [9.17, 15) is 4.39 Å². The molecule has 0 aromatic carbocycles. The third-order valence-corrected chi connectivity index (χ3v) is 4.36. The summed E-state index contributed by atoms with van der Waals surface area (Å²) in [6.07, 6.45) is 6.39. The third kappa shape index (κ3) is 5.47. The quantitative estimate of drug-likeness (QED) is 0.289. The van der Waals surface area contributed by atoms with Gasteiger partial charge >= 0.3 is 0 Å². The molecule has 0 atom stereocenters. The van der Waals surface area contributed by atoms with Crippen molar-refractivity contribution in [1.82, 2.24) is 30.2 Å². The minimum atomic E-state index is -0.360. The van der Waals surface area contributed by atoms with Gasteiger partial charge in [-0.05, 0) is 32.0 Å². The summed E-state index contributed by atoms with van der Waals surface area (Å²) in [6.45, 7) is 3.66. The topological polar surface area (TPSA) is 103 Å². The van der Waals surface area contributed by atoms with Crippen LogP contribution in [0, 0.1) is 12.7 Å². The third-order valence-electron chi connectivity index (χ3n) is 4.36. The molecule has 0 unspecified atom stereocenters. The Hall–Kier alpha value is -2.68. The van der Waals surface area contributed by atoms with Crippen molar-refractivity contribution < 1.29 is 28.9 Å². The second kappa shape index (κ2) is 10.4. The van der Waals surface area contributed by atoms with Crippen molar-refractivity contribution in [2.45, 2.75) is 26.3 Å². The molecule has 4 aromatic rings. The molecule has 4 heterocycles. The molecule has 0 bridgehead atoms. The van der Waals surface area contributed by atoms with E-state index in [2.05, 4.69) is 35.6 Å². The molecule has 159 valence electrons. The predicted octanol–water partition coefficient (Wildman–Crippen LogP) is 2.40. The maximum absolute atomic E-state index is 13.8. The van der Waals surface area contributed by atoms with Crippen LogP contribution in [0.3, 0.4) is 0 Å². The number of anilines is 1. The van der Waals surface area contributed by atoms with E-state index in [1.54, 1.807) is 30.7 Å². The number of hydrogen-bond acceptors (Lipinski definition) is 7. The average molecular weight is 587 g/mol. The first-order valence-electron chi connectivity index (χ1n) is 9.42. The second-order valence-corrected chi connectivity index (χ2v) is 6.58. The molecule has 30 heavy (non-hydrogen) atoms. The second-order valence-electron chi connectivity index (χ2n) is 6.58. The summed E-state index contributed by atoms with van der Waals surface area (Å²) in [6, 6.07) is 4.70. The Bertz CT molecular complexity index is 1100. The number of pyridine rings is 2. The fourth-order valence-corrected chi connectivity index (χ4v) is 2.92. The van der Waals surface area contributed by atoms with E-state index in [4.69, 9.17) is 4.42 Å². The van der Waals surface area contributed by atoms with E-state index in [0.717, 1.165) is 31.0 Å². The van der Waals surface area contributed by atoms with Crippen molar-refractivity contribution >= 4 is 16.9 Å². The maximum atomic E-state index is 13.8. The van der Waals surface area contributed by atoms with Crippen LogP contribution in [-0.2, 0) is 39.5 Å². The monoisotopic (exact) mass is 587 g/mol. The van der Waals surface area contributed by atoms with Crippen LogP contribution in [0.1, 0.15) is 23.1 Å². The van der Waals surface area contributed by atoms with Crippen molar-refractivity contribution in [3.8, 4) is 0 Å². The van der Waals surface area contributed by atoms with Crippen LogP contribution < -0.4 is 15.6 Å². The van der Waals surface area contributed by atoms with Crippen LogP contribution in [0.15, 0.2) is 41.2 Å². The fourth-order valence-electron chi connectivity index (χ4n) is 2.92. The van der Waals surface area contributed by atoms with Gasteiger partial charge in [-0.25, -0.2) is 14.4 Å². The number of oxazole rings is 1. The number of aryl methyl sites for hydroxylation is 1. The van der Waals surface area contributed by atoms with Crippen LogP contribution in [0.25, 0.3) is 11.1 Å². The van der Waals surface area contributed by atoms with Crippen LogP contribution in [-0.4, -0.2) is 33.0 Å². The first-order valence-corrected chi connectivity index (χ1v) is 9.42. The van der Waals surface area contributed by atoms with Crippen molar-refractivity contribution in [3.05, 3.63) is 65.7 Å². The number of nitrogens with one attached hydrogen (secondary N) is 2. The average Bonchev–Trinajstić information content (AvgIpc) is 3.33. The van der Waals surface area contributed by atoms with E-state index in [-0.39, 0.29) is 32.5 Å². The van der Waals surface area contributed by atoms with Gasteiger partial charge in [0, 0.05) is 51.5 Å². The minimum Gasteiger partial charge on any atom is -0.446 e. The van der Waals surface area contributed by atoms with Crippen LogP contribution in [0.5, 0.6) is 0 Å². The SMILES string of the molecule is Cc1cnc(CCNCCc2nc3c(NCc4ncccc4F)nccc3o2)[n-]1.[Ir]. The zero-order chi connectivity index (χ0) is 20.1. The van der Waals surface area contributed by atoms with E-state index < -0.39 is 0 Å². The number of fused-ring (bicyclic) bond motifs is 1. The van der Waals surface area contributed by atoms with Gasteiger partial charge in [0.05, 0.1) is 12.2 Å². The first-order chi connectivity index (χ1) is 14.2. The molecule has 4 rings (SSSR count). The summed E-state index contributed by atoms with van der Waals surface area (Å²) in [7, 11) is 0. The predicted molar refractivity (Wildman–Crippen MR) is 106 cm³/mol. The molecule has 8 nitrogen and oxygen atoms in total. The van der Waals surface area contributed by atoms with E-state index in [1.807, 2.05) is 6.92 Å². The van der Waals surface area contributed by atoms with Gasteiger partial charge in [-0.2, -0.15) is 0 Å². The Labute approximate surface area is 186 Å². The number of rotatable bonds is 9. The number of halogens is 1. The molecule has 0 spiro atoms. The smallest absolute Gasteiger partial charge is 0.196 e. The summed E-state index contributed by atoms with van der Waals surface area (Å²) in [5.41, 5.74) is 2.53. The standard InChI is InChI=1S/C20H21FN7O.Ir/c1-13-11-25-17(27-13)5-8-22-9-6-18-28-19-16(29-18)4-10-24-20(19)26-12-15-14(21)3-2-7-23-15;/h2-4,7,10-11,22H,5-6,8-9,12H2,1H3,(H-,24,25,26,27);/q-1;. The van der Waals surface area contributed by atoms with Gasteiger partial charge in [0.1, 0.15) is 5.82 Å². The Balaban J connectivity index is 0.00000256. The molecule has 0 aliphatic carbocycles. The number of nitrogens with zero attached hydrogens (tertiary/aromatic N) is 5. The minimum absolute atomic E-state index is 0. The summed E-state index contributed by atoms with van der Waals surface area (Å²) >= 11 is 0. The Morgan fingerprint density at radius 2 is 1.97 bits per heavy atom. The first kappa shape index (κ1) is 22.0. The van der Waals surface area contributed by atoms with Gasteiger partial charge in [-0.15, -0.1) is 0 Å². The number of hydrogen-bond donors (Lipinski definition) is 2. The normalized spacial score (nSPS) is 10.9. The Kier molecular flexibility index (Phi) is 7.62. The van der Waals surface area contributed by atoms with Crippen LogP contribution >= 0.6 is 0 Å². The molecule has 2 N–H and O–H groups in total. The molecule has 0 aliphatic rings. The Morgan fingerprint density at radius 3 is 2.77 bits per heavy atom. The van der Waals surface area contributed by atoms with Gasteiger partial charge in [-0.1, -0.05) is 17.7 Å². The largest absolute Gasteiger partial charge is 0.446 e. The number of imidazole rings is 1. The molecule has 4 aromatic heterocycles. The van der Waals surface area contributed by atoms with Gasteiger partial charge in [0.15, 0.2) is 22.8 Å². The molecule has 10 heteroatoms. The van der Waals surface area contributed by atoms with Gasteiger partial charge < -0.3 is 25.0 Å². The van der Waals surface area contributed by atoms with Crippen LogP contribution in [0.2, 0.25) is 0 Å². The van der Waals surface area contributed by atoms with Gasteiger partial charge in [0.2, 0.25) is 0 Å². The molecule has 0 saturated heterocycles. The molecule has 0 fully saturated rings. The molecular weight excluding hydrogens is 565 g/mol. The van der Waals surface area contributed by atoms with Gasteiger partial charge in [0.25, 0.3) is 0 Å². The molecule has 0 aliphatic heterocycles. The summed E-state index contributed by atoms with van der Waals surface area (Å²) in [5.74, 6) is 1.65. The zero-order valence-corrected chi connectivity index (χ0v) is 18.8.